The van der Waals surface area contributed by atoms with Crippen molar-refractivity contribution in [2.75, 3.05) is 0 Å². The number of hydrogen-bond donors (Lipinski definition) is 2. The number of H-pyrrole nitrogens is 1. The Balaban J connectivity index is 1.57. The lowest BCUT2D eigenvalue weighted by Crippen LogP contribution is -2.25. The van der Waals surface area contributed by atoms with Gasteiger partial charge in [0.05, 0.1) is 17.1 Å². The Bertz CT molecular complexity index is 1260. The lowest BCUT2D eigenvalue weighted by atomic mass is 10.2. The predicted octanol–water partition coefficient (Wildman–Crippen LogP) is 2.43. The van der Waals surface area contributed by atoms with Crippen molar-refractivity contribution in [2.24, 2.45) is 0 Å². The number of aromatic amines is 1. The molecule has 0 spiro atoms. The van der Waals surface area contributed by atoms with E-state index in [2.05, 4.69) is 20.6 Å². The SMILES string of the molecule is CC(C)Oc1ccc(CNC(=O)c2nnn3c2c(=O)[nH]c2cc(F)ccc23)cc1. The van der Waals surface area contributed by atoms with Crippen molar-refractivity contribution >= 4 is 22.5 Å². The number of carbonyl (C=O) groups is 1. The second-order valence-electron chi connectivity index (χ2n) is 6.81. The van der Waals surface area contributed by atoms with Gasteiger partial charge < -0.3 is 15.0 Å². The van der Waals surface area contributed by atoms with Crippen molar-refractivity contribution in [1.82, 2.24) is 25.1 Å². The van der Waals surface area contributed by atoms with Crippen LogP contribution in [0.1, 0.15) is 29.9 Å². The van der Waals surface area contributed by atoms with Gasteiger partial charge in [-0.3, -0.25) is 9.59 Å². The first-order valence-corrected chi connectivity index (χ1v) is 9.03. The van der Waals surface area contributed by atoms with Crippen LogP contribution in [-0.2, 0) is 6.54 Å². The molecule has 1 amide bonds. The van der Waals surface area contributed by atoms with E-state index in [4.69, 9.17) is 4.74 Å². The first kappa shape index (κ1) is 18.6. The van der Waals surface area contributed by atoms with Crippen LogP contribution in [0, 0.1) is 5.82 Å². The minimum absolute atomic E-state index is 0.00212. The minimum Gasteiger partial charge on any atom is -0.491 e. The molecule has 0 radical (unpaired) electrons. The highest BCUT2D eigenvalue weighted by Crippen LogP contribution is 2.15. The molecule has 0 unspecified atom stereocenters. The zero-order chi connectivity index (χ0) is 20.5. The molecule has 0 bridgehead atoms. The zero-order valence-corrected chi connectivity index (χ0v) is 15.8. The summed E-state index contributed by atoms with van der Waals surface area (Å²) in [7, 11) is 0. The Morgan fingerprint density at radius 3 is 2.72 bits per heavy atom. The predicted molar refractivity (Wildman–Crippen MR) is 104 cm³/mol. The van der Waals surface area contributed by atoms with Gasteiger partial charge in [-0.25, -0.2) is 8.91 Å². The number of ether oxygens (including phenoxy) is 1. The summed E-state index contributed by atoms with van der Waals surface area (Å²) in [5.74, 6) is -0.279. The number of halogens is 1. The fourth-order valence-corrected chi connectivity index (χ4v) is 3.01. The Labute approximate surface area is 164 Å². The molecule has 0 saturated heterocycles. The molecule has 0 aliphatic carbocycles. The molecule has 2 N–H and O–H groups in total. The van der Waals surface area contributed by atoms with E-state index < -0.39 is 17.3 Å². The average molecular weight is 395 g/mol. The highest BCUT2D eigenvalue weighted by Gasteiger charge is 2.19. The van der Waals surface area contributed by atoms with Crippen LogP contribution in [0.25, 0.3) is 16.6 Å². The van der Waals surface area contributed by atoms with E-state index in [1.54, 1.807) is 0 Å². The maximum Gasteiger partial charge on any atom is 0.277 e. The molecule has 4 rings (SSSR count). The van der Waals surface area contributed by atoms with E-state index in [1.165, 1.54) is 22.7 Å². The maximum absolute atomic E-state index is 13.4. The fraction of sp³-hybridized carbons (Fsp3) is 0.200. The summed E-state index contributed by atoms with van der Waals surface area (Å²) in [6, 6.07) is 11.2. The number of rotatable bonds is 5. The van der Waals surface area contributed by atoms with Crippen LogP contribution in [0.4, 0.5) is 4.39 Å². The smallest absolute Gasteiger partial charge is 0.277 e. The normalized spacial score (nSPS) is 11.3. The van der Waals surface area contributed by atoms with Crippen molar-refractivity contribution < 1.29 is 13.9 Å². The van der Waals surface area contributed by atoms with Gasteiger partial charge in [0.25, 0.3) is 11.5 Å². The first-order chi connectivity index (χ1) is 13.9. The molecule has 0 aliphatic heterocycles. The van der Waals surface area contributed by atoms with Crippen LogP contribution in [0.2, 0.25) is 0 Å². The van der Waals surface area contributed by atoms with Crippen molar-refractivity contribution in [1.29, 1.82) is 0 Å². The summed E-state index contributed by atoms with van der Waals surface area (Å²) in [6.07, 6.45) is 0.0768. The van der Waals surface area contributed by atoms with Crippen LogP contribution in [0.15, 0.2) is 47.3 Å². The van der Waals surface area contributed by atoms with Crippen LogP contribution in [0.5, 0.6) is 5.75 Å². The lowest BCUT2D eigenvalue weighted by Gasteiger charge is -2.10. The monoisotopic (exact) mass is 395 g/mol. The number of fused-ring (bicyclic) bond motifs is 3. The van der Waals surface area contributed by atoms with Gasteiger partial charge >= 0.3 is 0 Å². The summed E-state index contributed by atoms with van der Waals surface area (Å²) in [5, 5.41) is 10.5. The van der Waals surface area contributed by atoms with Gasteiger partial charge in [-0.05, 0) is 49.7 Å². The van der Waals surface area contributed by atoms with Gasteiger partial charge in [-0.15, -0.1) is 5.10 Å². The topological polar surface area (TPSA) is 101 Å². The standard InChI is InChI=1S/C20H18FN5O3/c1-11(2)29-14-6-3-12(4-7-14)10-22-19(27)17-18-20(28)23-15-9-13(21)5-8-16(15)26(18)25-24-17/h3-9,11H,10H2,1-2H3,(H,22,27)(H,23,28). The van der Waals surface area contributed by atoms with Crippen molar-refractivity contribution in [3.63, 3.8) is 0 Å². The molecule has 0 aliphatic rings. The highest BCUT2D eigenvalue weighted by molar-refractivity contribution is 5.99. The number of benzene rings is 2. The van der Waals surface area contributed by atoms with E-state index in [0.717, 1.165) is 11.3 Å². The lowest BCUT2D eigenvalue weighted by molar-refractivity contribution is 0.0947. The summed E-state index contributed by atoms with van der Waals surface area (Å²) in [6.45, 7) is 4.13. The molecular weight excluding hydrogens is 377 g/mol. The van der Waals surface area contributed by atoms with Gasteiger partial charge in [0.15, 0.2) is 11.2 Å². The second-order valence-corrected chi connectivity index (χ2v) is 6.81. The summed E-state index contributed by atoms with van der Waals surface area (Å²) in [5.41, 5.74) is 0.894. The molecule has 8 nitrogen and oxygen atoms in total. The van der Waals surface area contributed by atoms with Gasteiger partial charge in [0, 0.05) is 6.54 Å². The highest BCUT2D eigenvalue weighted by atomic mass is 19.1. The molecule has 148 valence electrons. The molecule has 0 fully saturated rings. The molecule has 9 heteroatoms. The number of carbonyl (C=O) groups excluding carboxylic acids is 1. The molecule has 0 saturated carbocycles. The van der Waals surface area contributed by atoms with E-state index in [9.17, 15) is 14.0 Å². The summed E-state index contributed by atoms with van der Waals surface area (Å²) in [4.78, 5) is 27.6. The first-order valence-electron chi connectivity index (χ1n) is 9.03. The third kappa shape index (κ3) is 3.66. The number of aromatic nitrogens is 4. The average Bonchev–Trinajstić information content (AvgIpc) is 3.12. The van der Waals surface area contributed by atoms with E-state index in [-0.39, 0.29) is 29.4 Å². The Morgan fingerprint density at radius 2 is 2.00 bits per heavy atom. The summed E-state index contributed by atoms with van der Waals surface area (Å²) >= 11 is 0. The zero-order valence-electron chi connectivity index (χ0n) is 15.8. The number of amides is 1. The molecular formula is C20H18FN5O3. The third-order valence-corrected chi connectivity index (χ3v) is 4.28. The molecule has 0 atom stereocenters. The Morgan fingerprint density at radius 1 is 1.24 bits per heavy atom. The van der Waals surface area contributed by atoms with Crippen molar-refractivity contribution in [3.8, 4) is 5.75 Å². The van der Waals surface area contributed by atoms with Crippen LogP contribution in [-0.4, -0.2) is 31.8 Å². The van der Waals surface area contributed by atoms with Crippen LogP contribution in [0.3, 0.4) is 0 Å². The van der Waals surface area contributed by atoms with Gasteiger partial charge in [-0.2, -0.15) is 0 Å². The number of nitrogens with one attached hydrogen (secondary N) is 2. The van der Waals surface area contributed by atoms with Crippen LogP contribution < -0.4 is 15.6 Å². The van der Waals surface area contributed by atoms with E-state index >= 15 is 0 Å². The maximum atomic E-state index is 13.4. The molecule has 4 aromatic rings. The molecule has 2 aromatic heterocycles. The largest absolute Gasteiger partial charge is 0.491 e. The summed E-state index contributed by atoms with van der Waals surface area (Å²) < 4.78 is 20.2. The Hall–Kier alpha value is -3.75. The quantitative estimate of drug-likeness (QED) is 0.540. The van der Waals surface area contributed by atoms with Crippen molar-refractivity contribution in [2.45, 2.75) is 26.5 Å². The molecule has 29 heavy (non-hydrogen) atoms. The van der Waals surface area contributed by atoms with E-state index in [0.29, 0.717) is 5.52 Å². The van der Waals surface area contributed by atoms with Crippen LogP contribution >= 0.6 is 0 Å². The van der Waals surface area contributed by atoms with Gasteiger partial charge in [0.1, 0.15) is 11.6 Å². The van der Waals surface area contributed by atoms with Gasteiger partial charge in [0.2, 0.25) is 0 Å². The minimum atomic E-state index is -0.576. The fourth-order valence-electron chi connectivity index (χ4n) is 3.01. The Kier molecular flexibility index (Phi) is 4.71. The number of nitrogens with zero attached hydrogens (tertiary/aromatic N) is 3. The number of hydrogen-bond acceptors (Lipinski definition) is 5. The molecule has 2 heterocycles. The third-order valence-electron chi connectivity index (χ3n) is 4.28. The van der Waals surface area contributed by atoms with Crippen molar-refractivity contribution in [3.05, 3.63) is 69.9 Å². The van der Waals surface area contributed by atoms with E-state index in [1.807, 2.05) is 38.1 Å². The second kappa shape index (κ2) is 7.34. The molecule has 2 aromatic carbocycles. The van der Waals surface area contributed by atoms with Gasteiger partial charge in [-0.1, -0.05) is 17.3 Å².